The fourth-order valence-corrected chi connectivity index (χ4v) is 2.97. The number of hydrogen-bond acceptors (Lipinski definition) is 5. The van der Waals surface area contributed by atoms with Crippen LogP contribution in [-0.4, -0.2) is 23.5 Å². The molecule has 0 spiro atoms. The van der Waals surface area contributed by atoms with Gasteiger partial charge in [0.05, 0.1) is 16.7 Å². The van der Waals surface area contributed by atoms with Crippen LogP contribution in [0.4, 0.5) is 0 Å². The number of para-hydroxylation sites is 2. The molecule has 7 heteroatoms. The molecule has 0 aliphatic heterocycles. The van der Waals surface area contributed by atoms with Crippen molar-refractivity contribution >= 4 is 20.9 Å². The van der Waals surface area contributed by atoms with E-state index in [2.05, 4.69) is 15.1 Å². The Hall–Kier alpha value is -2.15. The first kappa shape index (κ1) is 11.9. The van der Waals surface area contributed by atoms with Crippen LogP contribution in [0.15, 0.2) is 40.0 Å². The number of aryl methyl sites for hydroxylation is 1. The maximum Gasteiger partial charge on any atom is 0.226 e. The van der Waals surface area contributed by atoms with Crippen molar-refractivity contribution in [2.45, 2.75) is 17.8 Å². The first-order chi connectivity index (χ1) is 9.04. The third-order valence-electron chi connectivity index (χ3n) is 2.67. The van der Waals surface area contributed by atoms with E-state index in [1.807, 2.05) is 6.07 Å². The van der Waals surface area contributed by atoms with Gasteiger partial charge in [0.2, 0.25) is 15.0 Å². The third-order valence-corrected chi connectivity index (χ3v) is 4.12. The molecule has 2 aromatic heterocycles. The summed E-state index contributed by atoms with van der Waals surface area (Å²) in [6.07, 6.45) is 0. The van der Waals surface area contributed by atoms with Crippen molar-refractivity contribution in [3.63, 3.8) is 0 Å². The first-order valence-electron chi connectivity index (χ1n) is 5.64. The van der Waals surface area contributed by atoms with Gasteiger partial charge in [-0.25, -0.2) is 13.4 Å². The molecule has 3 rings (SSSR count). The Morgan fingerprint density at radius 2 is 2.11 bits per heavy atom. The number of rotatable bonds is 3. The molecule has 0 atom stereocenters. The number of fused-ring (bicyclic) bond motifs is 1. The van der Waals surface area contributed by atoms with Gasteiger partial charge in [-0.05, 0) is 19.1 Å². The molecule has 0 unspecified atom stereocenters. The van der Waals surface area contributed by atoms with Crippen LogP contribution in [0, 0.1) is 6.92 Å². The number of sulfone groups is 1. The minimum absolute atomic E-state index is 0.0530. The van der Waals surface area contributed by atoms with Crippen molar-refractivity contribution in [2.24, 2.45) is 0 Å². The van der Waals surface area contributed by atoms with Crippen LogP contribution >= 0.6 is 0 Å². The second kappa shape index (κ2) is 4.20. The van der Waals surface area contributed by atoms with E-state index in [1.54, 1.807) is 31.2 Å². The van der Waals surface area contributed by atoms with Crippen molar-refractivity contribution in [1.29, 1.82) is 0 Å². The molecule has 0 saturated carbocycles. The lowest BCUT2D eigenvalue weighted by Crippen LogP contribution is -2.06. The summed E-state index contributed by atoms with van der Waals surface area (Å²) in [5, 5.41) is 3.61. The number of aromatic nitrogens is 3. The van der Waals surface area contributed by atoms with Gasteiger partial charge in [0, 0.05) is 6.07 Å². The van der Waals surface area contributed by atoms with Crippen molar-refractivity contribution < 1.29 is 12.9 Å². The number of nitrogens with one attached hydrogen (secondary N) is 1. The summed E-state index contributed by atoms with van der Waals surface area (Å²) in [7, 11) is -3.56. The molecule has 1 aromatic carbocycles. The van der Waals surface area contributed by atoms with Gasteiger partial charge in [-0.15, -0.1) is 0 Å². The van der Waals surface area contributed by atoms with Gasteiger partial charge >= 0.3 is 0 Å². The Morgan fingerprint density at radius 3 is 2.79 bits per heavy atom. The fourth-order valence-electron chi connectivity index (χ4n) is 1.82. The highest BCUT2D eigenvalue weighted by Crippen LogP contribution is 2.18. The minimum atomic E-state index is -3.56. The van der Waals surface area contributed by atoms with Gasteiger partial charge in [0.15, 0.2) is 5.76 Å². The lowest BCUT2D eigenvalue weighted by Gasteiger charge is -1.96. The van der Waals surface area contributed by atoms with Gasteiger partial charge < -0.3 is 9.51 Å². The van der Waals surface area contributed by atoms with Crippen LogP contribution < -0.4 is 0 Å². The summed E-state index contributed by atoms with van der Waals surface area (Å²) in [5.74, 6) is 0.0474. The van der Waals surface area contributed by atoms with Crippen LogP contribution in [0.25, 0.3) is 11.0 Å². The van der Waals surface area contributed by atoms with Crippen molar-refractivity contribution in [3.05, 3.63) is 41.8 Å². The Kier molecular flexibility index (Phi) is 2.63. The van der Waals surface area contributed by atoms with Gasteiger partial charge in [0.1, 0.15) is 5.75 Å². The number of H-pyrrole nitrogens is 1. The van der Waals surface area contributed by atoms with E-state index < -0.39 is 9.84 Å². The molecule has 0 saturated heterocycles. The van der Waals surface area contributed by atoms with Crippen LogP contribution in [0.3, 0.4) is 0 Å². The Bertz CT molecular complexity index is 800. The number of imidazole rings is 1. The molecule has 3 aromatic rings. The monoisotopic (exact) mass is 277 g/mol. The summed E-state index contributed by atoms with van der Waals surface area (Å²) < 4.78 is 29.3. The van der Waals surface area contributed by atoms with E-state index in [0.29, 0.717) is 22.5 Å². The van der Waals surface area contributed by atoms with Crippen LogP contribution in [0.2, 0.25) is 0 Å². The van der Waals surface area contributed by atoms with E-state index in [1.165, 1.54) is 0 Å². The van der Waals surface area contributed by atoms with E-state index in [-0.39, 0.29) is 10.9 Å². The predicted molar refractivity (Wildman–Crippen MR) is 68.2 cm³/mol. The SMILES string of the molecule is Cc1cc(CS(=O)(=O)c2nc3ccccc3[nH]2)on1. The second-order valence-corrected chi connectivity index (χ2v) is 6.16. The maximum absolute atomic E-state index is 12.2. The van der Waals surface area contributed by atoms with Crippen LogP contribution in [0.5, 0.6) is 0 Å². The van der Waals surface area contributed by atoms with E-state index in [9.17, 15) is 8.42 Å². The zero-order valence-electron chi connectivity index (χ0n) is 10.1. The zero-order valence-corrected chi connectivity index (χ0v) is 10.9. The average molecular weight is 277 g/mol. The summed E-state index contributed by atoms with van der Waals surface area (Å²) in [4.78, 5) is 6.88. The first-order valence-corrected chi connectivity index (χ1v) is 7.29. The molecule has 98 valence electrons. The topological polar surface area (TPSA) is 88.9 Å². The second-order valence-electron chi connectivity index (χ2n) is 4.25. The molecule has 0 bridgehead atoms. The smallest absolute Gasteiger partial charge is 0.226 e. The molecule has 6 nitrogen and oxygen atoms in total. The van der Waals surface area contributed by atoms with Gasteiger partial charge in [-0.3, -0.25) is 0 Å². The molecular weight excluding hydrogens is 266 g/mol. The Morgan fingerprint density at radius 1 is 1.32 bits per heavy atom. The molecule has 0 amide bonds. The highest BCUT2D eigenvalue weighted by Gasteiger charge is 2.22. The molecular formula is C12H11N3O3S. The number of benzene rings is 1. The quantitative estimate of drug-likeness (QED) is 0.789. The Balaban J connectivity index is 1.99. The lowest BCUT2D eigenvalue weighted by molar-refractivity contribution is 0.388. The summed E-state index contributed by atoms with van der Waals surface area (Å²) in [5.41, 5.74) is 1.96. The van der Waals surface area contributed by atoms with Crippen molar-refractivity contribution in [3.8, 4) is 0 Å². The Labute approximate surface area is 109 Å². The molecule has 0 fully saturated rings. The summed E-state index contributed by atoms with van der Waals surface area (Å²) in [6, 6.07) is 8.75. The van der Waals surface area contributed by atoms with Crippen LogP contribution in [0.1, 0.15) is 11.5 Å². The molecule has 2 heterocycles. The molecule has 0 aliphatic carbocycles. The molecule has 0 aliphatic rings. The van der Waals surface area contributed by atoms with Crippen molar-refractivity contribution in [2.75, 3.05) is 0 Å². The van der Waals surface area contributed by atoms with Gasteiger partial charge in [-0.1, -0.05) is 17.3 Å². The number of hydrogen-bond donors (Lipinski definition) is 1. The minimum Gasteiger partial charge on any atom is -0.360 e. The normalized spacial score (nSPS) is 12.1. The summed E-state index contributed by atoms with van der Waals surface area (Å²) in [6.45, 7) is 1.74. The van der Waals surface area contributed by atoms with Gasteiger partial charge in [-0.2, -0.15) is 0 Å². The van der Waals surface area contributed by atoms with Crippen molar-refractivity contribution in [1.82, 2.24) is 15.1 Å². The third kappa shape index (κ3) is 2.24. The molecule has 1 N–H and O–H groups in total. The van der Waals surface area contributed by atoms with E-state index in [0.717, 1.165) is 0 Å². The van der Waals surface area contributed by atoms with E-state index >= 15 is 0 Å². The highest BCUT2D eigenvalue weighted by molar-refractivity contribution is 7.90. The maximum atomic E-state index is 12.2. The molecule has 0 radical (unpaired) electrons. The largest absolute Gasteiger partial charge is 0.360 e. The number of aromatic amines is 1. The highest BCUT2D eigenvalue weighted by atomic mass is 32.2. The number of nitrogens with zero attached hydrogens (tertiary/aromatic N) is 2. The lowest BCUT2D eigenvalue weighted by atomic mass is 10.3. The average Bonchev–Trinajstić information content (AvgIpc) is 2.95. The molecule has 19 heavy (non-hydrogen) atoms. The fraction of sp³-hybridized carbons (Fsp3) is 0.167. The van der Waals surface area contributed by atoms with Crippen LogP contribution in [-0.2, 0) is 15.6 Å². The summed E-state index contributed by atoms with van der Waals surface area (Å²) >= 11 is 0. The van der Waals surface area contributed by atoms with E-state index in [4.69, 9.17) is 4.52 Å². The predicted octanol–water partition coefficient (Wildman–Crippen LogP) is 1.83. The van der Waals surface area contributed by atoms with Gasteiger partial charge in [0.25, 0.3) is 0 Å². The standard InChI is InChI=1S/C12H11N3O3S/c1-8-6-9(18-15-8)7-19(16,17)12-13-10-4-2-3-5-11(10)14-12/h2-6H,7H2,1H3,(H,13,14). The zero-order chi connectivity index (χ0) is 13.5.